The minimum absolute atomic E-state index is 0.0212. The van der Waals surface area contributed by atoms with Gasteiger partial charge >= 0.3 is 0 Å². The van der Waals surface area contributed by atoms with Crippen LogP contribution in [0.3, 0.4) is 0 Å². The highest BCUT2D eigenvalue weighted by Gasteiger charge is 2.03. The Morgan fingerprint density at radius 1 is 1.24 bits per heavy atom. The third-order valence-corrected chi connectivity index (χ3v) is 2.51. The summed E-state index contributed by atoms with van der Waals surface area (Å²) in [6, 6.07) is 8.27. The van der Waals surface area contributed by atoms with Crippen molar-refractivity contribution in [2.45, 2.75) is 0 Å². The Balaban J connectivity index is 1.98. The van der Waals surface area contributed by atoms with E-state index in [1.165, 1.54) is 48.6 Å². The van der Waals surface area contributed by atoms with E-state index < -0.39 is 16.6 Å². The number of nitrogens with one attached hydrogen (secondary N) is 1. The van der Waals surface area contributed by atoms with Crippen LogP contribution in [0.15, 0.2) is 48.7 Å². The summed E-state index contributed by atoms with van der Waals surface area (Å²) in [5.74, 6) is -0.698. The van der Waals surface area contributed by atoms with Crippen molar-refractivity contribution in [1.82, 2.24) is 4.98 Å². The molecular weight excluding hydrogens is 277 g/mol. The monoisotopic (exact) mass is 287 g/mol. The summed E-state index contributed by atoms with van der Waals surface area (Å²) in [6.07, 6.45) is 3.75. The largest absolute Gasteiger partial charge is 0.307 e. The first-order chi connectivity index (χ1) is 10.0. The molecule has 1 amide bonds. The molecule has 0 unspecified atom stereocenters. The first-order valence-electron chi connectivity index (χ1n) is 5.90. The van der Waals surface area contributed by atoms with Gasteiger partial charge in [0.05, 0.1) is 11.1 Å². The van der Waals surface area contributed by atoms with Crippen LogP contribution in [0.5, 0.6) is 0 Å². The van der Waals surface area contributed by atoms with Gasteiger partial charge in [0.15, 0.2) is 0 Å². The molecule has 106 valence electrons. The number of benzene rings is 1. The molecule has 21 heavy (non-hydrogen) atoms. The molecule has 0 saturated carbocycles. The summed E-state index contributed by atoms with van der Waals surface area (Å²) in [5.41, 5.74) is 0.620. The number of nitro benzene ring substituents is 1. The van der Waals surface area contributed by atoms with Crippen LogP contribution in [-0.2, 0) is 4.79 Å². The van der Waals surface area contributed by atoms with Gasteiger partial charge in [0.25, 0.3) is 5.69 Å². The SMILES string of the molecule is O=C(/C=C/c1ccc([N+](=O)[O-])cc1)Nc1ccc(F)cn1. The van der Waals surface area contributed by atoms with Gasteiger partial charge < -0.3 is 5.32 Å². The summed E-state index contributed by atoms with van der Waals surface area (Å²) in [5, 5.41) is 13.0. The third kappa shape index (κ3) is 4.20. The van der Waals surface area contributed by atoms with E-state index in [1.54, 1.807) is 0 Å². The molecule has 2 rings (SSSR count). The first kappa shape index (κ1) is 14.3. The van der Waals surface area contributed by atoms with Crippen LogP contribution < -0.4 is 5.32 Å². The van der Waals surface area contributed by atoms with E-state index in [2.05, 4.69) is 10.3 Å². The lowest BCUT2D eigenvalue weighted by Gasteiger charge is -2.00. The predicted molar refractivity (Wildman–Crippen MR) is 75.0 cm³/mol. The molecule has 1 N–H and O–H groups in total. The fourth-order valence-corrected chi connectivity index (χ4v) is 1.50. The Labute approximate surface area is 119 Å². The maximum Gasteiger partial charge on any atom is 0.269 e. The van der Waals surface area contributed by atoms with Crippen LogP contribution in [0.2, 0.25) is 0 Å². The number of nitrogens with zero attached hydrogens (tertiary/aromatic N) is 2. The van der Waals surface area contributed by atoms with Crippen LogP contribution in [0.25, 0.3) is 6.08 Å². The topological polar surface area (TPSA) is 85.1 Å². The molecule has 6 nitrogen and oxygen atoms in total. The Hall–Kier alpha value is -3.09. The zero-order chi connectivity index (χ0) is 15.2. The summed E-state index contributed by atoms with van der Waals surface area (Å²) in [7, 11) is 0. The van der Waals surface area contributed by atoms with E-state index in [-0.39, 0.29) is 11.5 Å². The van der Waals surface area contributed by atoms with E-state index in [0.29, 0.717) is 5.56 Å². The number of carbonyl (C=O) groups is 1. The number of halogens is 1. The minimum atomic E-state index is -0.500. The number of amides is 1. The molecule has 0 radical (unpaired) electrons. The number of pyridine rings is 1. The Kier molecular flexibility index (Phi) is 4.35. The molecule has 1 heterocycles. The lowest BCUT2D eigenvalue weighted by atomic mass is 10.2. The number of rotatable bonds is 4. The van der Waals surface area contributed by atoms with E-state index in [4.69, 9.17) is 0 Å². The summed E-state index contributed by atoms with van der Waals surface area (Å²) in [4.78, 5) is 25.3. The smallest absolute Gasteiger partial charge is 0.269 e. The van der Waals surface area contributed by atoms with Crippen molar-refractivity contribution in [3.8, 4) is 0 Å². The zero-order valence-electron chi connectivity index (χ0n) is 10.7. The number of aromatic nitrogens is 1. The highest BCUT2D eigenvalue weighted by atomic mass is 19.1. The minimum Gasteiger partial charge on any atom is -0.307 e. The normalized spacial score (nSPS) is 10.5. The average molecular weight is 287 g/mol. The van der Waals surface area contributed by atoms with Crippen molar-refractivity contribution in [2.75, 3.05) is 5.32 Å². The molecule has 0 atom stereocenters. The second-order valence-electron chi connectivity index (χ2n) is 4.03. The van der Waals surface area contributed by atoms with Crippen molar-refractivity contribution >= 4 is 23.5 Å². The number of carbonyl (C=O) groups excluding carboxylic acids is 1. The quantitative estimate of drug-likeness (QED) is 0.532. The van der Waals surface area contributed by atoms with Crippen molar-refractivity contribution in [3.05, 3.63) is 70.2 Å². The fourth-order valence-electron chi connectivity index (χ4n) is 1.50. The molecule has 0 fully saturated rings. The summed E-state index contributed by atoms with van der Waals surface area (Å²) in [6.45, 7) is 0. The second-order valence-corrected chi connectivity index (χ2v) is 4.03. The van der Waals surface area contributed by atoms with Crippen molar-refractivity contribution < 1.29 is 14.1 Å². The predicted octanol–water partition coefficient (Wildman–Crippen LogP) is 2.78. The number of hydrogen-bond donors (Lipinski definition) is 1. The molecule has 0 spiro atoms. The number of non-ortho nitro benzene ring substituents is 1. The molecule has 1 aromatic carbocycles. The van der Waals surface area contributed by atoms with Gasteiger partial charge in [-0.1, -0.05) is 0 Å². The van der Waals surface area contributed by atoms with Gasteiger partial charge in [-0.25, -0.2) is 9.37 Å². The molecule has 2 aromatic rings. The van der Waals surface area contributed by atoms with Crippen molar-refractivity contribution in [2.24, 2.45) is 0 Å². The van der Waals surface area contributed by atoms with Gasteiger partial charge in [-0.2, -0.15) is 0 Å². The van der Waals surface area contributed by atoms with E-state index in [0.717, 1.165) is 6.20 Å². The van der Waals surface area contributed by atoms with Crippen LogP contribution in [0, 0.1) is 15.9 Å². The second kappa shape index (κ2) is 6.38. The number of hydrogen-bond acceptors (Lipinski definition) is 4. The molecule has 0 aliphatic heterocycles. The van der Waals surface area contributed by atoms with Gasteiger partial charge in [0.1, 0.15) is 11.6 Å². The van der Waals surface area contributed by atoms with Gasteiger partial charge in [-0.15, -0.1) is 0 Å². The van der Waals surface area contributed by atoms with Gasteiger partial charge in [0, 0.05) is 18.2 Å². The summed E-state index contributed by atoms with van der Waals surface area (Å²) >= 11 is 0. The standard InChI is InChI=1S/C14H10FN3O3/c15-11-4-7-13(16-9-11)17-14(19)8-3-10-1-5-12(6-2-10)18(20)21/h1-9H,(H,16,17,19)/b8-3+. The highest BCUT2D eigenvalue weighted by Crippen LogP contribution is 2.13. The Bertz CT molecular complexity index is 682. The molecule has 0 aliphatic rings. The first-order valence-corrected chi connectivity index (χ1v) is 5.90. The van der Waals surface area contributed by atoms with Crippen LogP contribution in [-0.4, -0.2) is 15.8 Å². The number of anilines is 1. The summed E-state index contributed by atoms with van der Waals surface area (Å²) < 4.78 is 12.6. The molecule has 0 aliphatic carbocycles. The third-order valence-electron chi connectivity index (χ3n) is 2.51. The maximum atomic E-state index is 12.6. The van der Waals surface area contributed by atoms with E-state index in [9.17, 15) is 19.3 Å². The van der Waals surface area contributed by atoms with Crippen LogP contribution >= 0.6 is 0 Å². The molecule has 0 bridgehead atoms. The van der Waals surface area contributed by atoms with Crippen molar-refractivity contribution in [1.29, 1.82) is 0 Å². The van der Waals surface area contributed by atoms with Crippen LogP contribution in [0.1, 0.15) is 5.56 Å². The van der Waals surface area contributed by atoms with Gasteiger partial charge in [-0.05, 0) is 35.9 Å². The zero-order valence-corrected chi connectivity index (χ0v) is 10.7. The lowest BCUT2D eigenvalue weighted by Crippen LogP contribution is -2.09. The van der Waals surface area contributed by atoms with E-state index >= 15 is 0 Å². The fraction of sp³-hybridized carbons (Fsp3) is 0. The highest BCUT2D eigenvalue weighted by molar-refractivity contribution is 6.01. The van der Waals surface area contributed by atoms with Crippen LogP contribution in [0.4, 0.5) is 15.9 Å². The molecule has 0 saturated heterocycles. The average Bonchev–Trinajstić information content (AvgIpc) is 2.48. The molecular formula is C14H10FN3O3. The van der Waals surface area contributed by atoms with E-state index in [1.807, 2.05) is 0 Å². The van der Waals surface area contributed by atoms with Gasteiger partial charge in [-0.3, -0.25) is 14.9 Å². The van der Waals surface area contributed by atoms with Gasteiger partial charge in [0.2, 0.25) is 5.91 Å². The molecule has 7 heteroatoms. The maximum absolute atomic E-state index is 12.6. The Morgan fingerprint density at radius 3 is 2.52 bits per heavy atom. The van der Waals surface area contributed by atoms with Crippen molar-refractivity contribution in [3.63, 3.8) is 0 Å². The molecule has 1 aromatic heterocycles. The Morgan fingerprint density at radius 2 is 1.95 bits per heavy atom. The number of nitro groups is 1. The lowest BCUT2D eigenvalue weighted by molar-refractivity contribution is -0.384.